The summed E-state index contributed by atoms with van der Waals surface area (Å²) < 4.78 is 5.65. The molecule has 0 aliphatic heterocycles. The first kappa shape index (κ1) is 15.7. The number of hydrogen-bond acceptors (Lipinski definition) is 1. The van der Waals surface area contributed by atoms with E-state index in [0.717, 1.165) is 31.4 Å². The number of hydrogen-bond donors (Lipinski definition) is 0. The fourth-order valence-electron chi connectivity index (χ4n) is 1.95. The van der Waals surface area contributed by atoms with Crippen LogP contribution in [0.4, 0.5) is 0 Å². The van der Waals surface area contributed by atoms with Gasteiger partial charge in [-0.25, -0.2) is 0 Å². The average Bonchev–Trinajstić information content (AvgIpc) is 2.42. The minimum absolute atomic E-state index is 0.899. The molecule has 18 heavy (non-hydrogen) atoms. The average molecular weight is 313 g/mol. The van der Waals surface area contributed by atoms with Gasteiger partial charge in [0.25, 0.3) is 0 Å². The molecule has 0 unspecified atom stereocenters. The number of aryl methyl sites for hydroxylation is 1. The standard InChI is InChI=1S/C16H25BrO/c17-13-7-2-1-3-8-14-18-15-9-12-16-10-5-4-6-11-16/h4-6,10-11H,1-3,7-9,12-15H2. The molecule has 0 N–H and O–H groups in total. The van der Waals surface area contributed by atoms with Gasteiger partial charge in [-0.05, 0) is 31.2 Å². The largest absolute Gasteiger partial charge is 0.381 e. The van der Waals surface area contributed by atoms with Crippen molar-refractivity contribution in [1.82, 2.24) is 0 Å². The van der Waals surface area contributed by atoms with Crippen molar-refractivity contribution < 1.29 is 4.74 Å². The van der Waals surface area contributed by atoms with Gasteiger partial charge in [-0.1, -0.05) is 65.5 Å². The molecule has 1 nitrogen and oxygen atoms in total. The van der Waals surface area contributed by atoms with Crippen LogP contribution in [-0.2, 0) is 11.2 Å². The van der Waals surface area contributed by atoms with E-state index in [1.165, 1.54) is 37.7 Å². The highest BCUT2D eigenvalue weighted by molar-refractivity contribution is 9.09. The molecule has 0 saturated carbocycles. The molecule has 0 aromatic heterocycles. The van der Waals surface area contributed by atoms with E-state index in [9.17, 15) is 0 Å². The van der Waals surface area contributed by atoms with E-state index < -0.39 is 0 Å². The van der Waals surface area contributed by atoms with Gasteiger partial charge in [-0.15, -0.1) is 0 Å². The lowest BCUT2D eigenvalue weighted by Crippen LogP contribution is -1.98. The van der Waals surface area contributed by atoms with Crippen molar-refractivity contribution in [3.63, 3.8) is 0 Å². The van der Waals surface area contributed by atoms with Gasteiger partial charge in [0.1, 0.15) is 0 Å². The van der Waals surface area contributed by atoms with Crippen molar-refractivity contribution in [3.8, 4) is 0 Å². The molecule has 0 fully saturated rings. The monoisotopic (exact) mass is 312 g/mol. The molecule has 0 amide bonds. The third-order valence-corrected chi connectivity index (χ3v) is 3.58. The van der Waals surface area contributed by atoms with Crippen molar-refractivity contribution in [1.29, 1.82) is 0 Å². The maximum atomic E-state index is 5.65. The Hall–Kier alpha value is -0.340. The third-order valence-electron chi connectivity index (χ3n) is 3.02. The second-order valence-electron chi connectivity index (χ2n) is 4.66. The van der Waals surface area contributed by atoms with E-state index in [2.05, 4.69) is 46.3 Å². The fraction of sp³-hybridized carbons (Fsp3) is 0.625. The lowest BCUT2D eigenvalue weighted by Gasteiger charge is -2.04. The summed E-state index contributed by atoms with van der Waals surface area (Å²) in [6.45, 7) is 1.83. The fourth-order valence-corrected chi connectivity index (χ4v) is 2.35. The van der Waals surface area contributed by atoms with Crippen LogP contribution >= 0.6 is 15.9 Å². The molecule has 0 bridgehead atoms. The van der Waals surface area contributed by atoms with Crippen molar-refractivity contribution in [2.24, 2.45) is 0 Å². The molecule has 2 heteroatoms. The third kappa shape index (κ3) is 8.71. The molecule has 0 aliphatic rings. The zero-order valence-electron chi connectivity index (χ0n) is 11.2. The van der Waals surface area contributed by atoms with E-state index in [1.54, 1.807) is 0 Å². The Kier molecular flexibility index (Phi) is 10.2. The minimum atomic E-state index is 0.899. The highest BCUT2D eigenvalue weighted by atomic mass is 79.9. The number of alkyl halides is 1. The van der Waals surface area contributed by atoms with Crippen LogP contribution in [-0.4, -0.2) is 18.5 Å². The maximum Gasteiger partial charge on any atom is 0.0469 e. The molecule has 1 aromatic carbocycles. The van der Waals surface area contributed by atoms with Crippen LogP contribution in [0, 0.1) is 0 Å². The van der Waals surface area contributed by atoms with Gasteiger partial charge in [0.2, 0.25) is 0 Å². The first-order valence-electron chi connectivity index (χ1n) is 7.11. The number of rotatable bonds is 11. The number of halogens is 1. The van der Waals surface area contributed by atoms with Crippen molar-refractivity contribution in [3.05, 3.63) is 35.9 Å². The summed E-state index contributed by atoms with van der Waals surface area (Å²) in [5, 5.41) is 1.14. The smallest absolute Gasteiger partial charge is 0.0469 e. The Balaban J connectivity index is 1.82. The van der Waals surface area contributed by atoms with E-state index >= 15 is 0 Å². The number of benzene rings is 1. The second kappa shape index (κ2) is 11.7. The van der Waals surface area contributed by atoms with E-state index in [4.69, 9.17) is 4.74 Å². The minimum Gasteiger partial charge on any atom is -0.381 e. The highest BCUT2D eigenvalue weighted by Gasteiger charge is 1.93. The first-order chi connectivity index (χ1) is 8.93. The van der Waals surface area contributed by atoms with Gasteiger partial charge in [-0.2, -0.15) is 0 Å². The van der Waals surface area contributed by atoms with Gasteiger partial charge in [0.15, 0.2) is 0 Å². The van der Waals surface area contributed by atoms with Gasteiger partial charge in [0, 0.05) is 18.5 Å². The molecule has 1 rings (SSSR count). The summed E-state index contributed by atoms with van der Waals surface area (Å²) in [6, 6.07) is 10.6. The Morgan fingerprint density at radius 3 is 2.22 bits per heavy atom. The first-order valence-corrected chi connectivity index (χ1v) is 8.23. The second-order valence-corrected chi connectivity index (χ2v) is 5.45. The summed E-state index contributed by atoms with van der Waals surface area (Å²) in [6.07, 6.45) is 8.79. The van der Waals surface area contributed by atoms with Crippen LogP contribution in [0.25, 0.3) is 0 Å². The topological polar surface area (TPSA) is 9.23 Å². The zero-order valence-corrected chi connectivity index (χ0v) is 12.8. The summed E-state index contributed by atoms with van der Waals surface area (Å²) >= 11 is 3.46. The van der Waals surface area contributed by atoms with Gasteiger partial charge in [-0.3, -0.25) is 0 Å². The SMILES string of the molecule is BrCCCCCCCOCCCc1ccccc1. The lowest BCUT2D eigenvalue weighted by molar-refractivity contribution is 0.127. The normalized spacial score (nSPS) is 10.7. The Labute approximate surface area is 120 Å². The van der Waals surface area contributed by atoms with Crippen LogP contribution in [0.15, 0.2) is 30.3 Å². The van der Waals surface area contributed by atoms with Crippen LogP contribution < -0.4 is 0 Å². The van der Waals surface area contributed by atoms with Crippen LogP contribution in [0.1, 0.15) is 44.1 Å². The van der Waals surface area contributed by atoms with Gasteiger partial charge in [0.05, 0.1) is 0 Å². The van der Waals surface area contributed by atoms with Gasteiger partial charge >= 0.3 is 0 Å². The Morgan fingerprint density at radius 1 is 0.778 bits per heavy atom. The van der Waals surface area contributed by atoms with E-state index in [-0.39, 0.29) is 0 Å². The van der Waals surface area contributed by atoms with Gasteiger partial charge < -0.3 is 4.74 Å². The summed E-state index contributed by atoms with van der Waals surface area (Å²) in [4.78, 5) is 0. The molecular weight excluding hydrogens is 288 g/mol. The molecular formula is C16H25BrO. The number of ether oxygens (including phenoxy) is 1. The van der Waals surface area contributed by atoms with E-state index in [0.29, 0.717) is 0 Å². The Morgan fingerprint density at radius 2 is 1.44 bits per heavy atom. The summed E-state index contributed by atoms with van der Waals surface area (Å²) in [5.41, 5.74) is 1.41. The van der Waals surface area contributed by atoms with Crippen LogP contribution in [0.2, 0.25) is 0 Å². The summed E-state index contributed by atoms with van der Waals surface area (Å²) in [5.74, 6) is 0. The highest BCUT2D eigenvalue weighted by Crippen LogP contribution is 2.05. The zero-order chi connectivity index (χ0) is 12.9. The number of unbranched alkanes of at least 4 members (excludes halogenated alkanes) is 4. The van der Waals surface area contributed by atoms with Crippen molar-refractivity contribution in [2.45, 2.75) is 44.9 Å². The molecule has 0 spiro atoms. The quantitative estimate of drug-likeness (QED) is 0.413. The molecule has 0 atom stereocenters. The molecule has 1 aromatic rings. The predicted molar refractivity (Wildman–Crippen MR) is 82.5 cm³/mol. The Bertz CT molecular complexity index is 274. The molecule has 0 heterocycles. The maximum absolute atomic E-state index is 5.65. The van der Waals surface area contributed by atoms with Crippen molar-refractivity contribution >= 4 is 15.9 Å². The predicted octanol–water partition coefficient (Wildman–Crippen LogP) is 4.98. The summed E-state index contributed by atoms with van der Waals surface area (Å²) in [7, 11) is 0. The van der Waals surface area contributed by atoms with Crippen LogP contribution in [0.3, 0.4) is 0 Å². The molecule has 0 saturated heterocycles. The molecule has 102 valence electrons. The molecule has 0 aliphatic carbocycles. The lowest BCUT2D eigenvalue weighted by atomic mass is 10.1. The van der Waals surface area contributed by atoms with Crippen molar-refractivity contribution in [2.75, 3.05) is 18.5 Å². The van der Waals surface area contributed by atoms with E-state index in [1.807, 2.05) is 0 Å². The molecule has 0 radical (unpaired) electrons. The van der Waals surface area contributed by atoms with Crippen LogP contribution in [0.5, 0.6) is 0 Å².